The highest BCUT2D eigenvalue weighted by molar-refractivity contribution is 7.89. The van der Waals surface area contributed by atoms with E-state index in [1.165, 1.54) is 12.1 Å². The van der Waals surface area contributed by atoms with Crippen LogP contribution in [0.4, 0.5) is 5.69 Å². The van der Waals surface area contributed by atoms with Gasteiger partial charge in [0, 0.05) is 12.2 Å². The summed E-state index contributed by atoms with van der Waals surface area (Å²) in [5.74, 6) is 0.190. The predicted octanol–water partition coefficient (Wildman–Crippen LogP) is 3.01. The zero-order valence-corrected chi connectivity index (χ0v) is 16.0. The molecule has 0 unspecified atom stereocenters. The second kappa shape index (κ2) is 8.82. The van der Waals surface area contributed by atoms with Gasteiger partial charge in [0.25, 0.3) is 5.91 Å². The van der Waals surface area contributed by atoms with Gasteiger partial charge in [-0.15, -0.1) is 0 Å². The number of rotatable bonds is 8. The summed E-state index contributed by atoms with van der Waals surface area (Å²) < 4.78 is 32.3. The molecular weight excluding hydrogens is 352 g/mol. The lowest BCUT2D eigenvalue weighted by Gasteiger charge is -2.12. The normalized spacial score (nSPS) is 11.2. The molecular formula is C19H24N2O4S. The molecule has 2 rings (SSSR count). The van der Waals surface area contributed by atoms with Gasteiger partial charge in [-0.3, -0.25) is 4.79 Å². The summed E-state index contributed by atoms with van der Waals surface area (Å²) in [6, 6.07) is 12.0. The SMILES string of the molecule is CCCNS(=O)(=O)c1ccc(OCC(=O)Nc2cccc(C)c2)c(C)c1. The summed E-state index contributed by atoms with van der Waals surface area (Å²) in [5, 5.41) is 2.76. The van der Waals surface area contributed by atoms with Crippen LogP contribution >= 0.6 is 0 Å². The van der Waals surface area contributed by atoms with Crippen molar-refractivity contribution >= 4 is 21.6 Å². The second-order valence-electron chi connectivity index (χ2n) is 6.03. The van der Waals surface area contributed by atoms with Gasteiger partial charge >= 0.3 is 0 Å². The highest BCUT2D eigenvalue weighted by Gasteiger charge is 2.15. The number of aryl methyl sites for hydroxylation is 2. The lowest BCUT2D eigenvalue weighted by molar-refractivity contribution is -0.118. The van der Waals surface area contributed by atoms with Crippen molar-refractivity contribution in [3.05, 3.63) is 53.6 Å². The van der Waals surface area contributed by atoms with E-state index in [1.807, 2.05) is 32.0 Å². The Morgan fingerprint density at radius 3 is 2.54 bits per heavy atom. The molecule has 0 heterocycles. The molecule has 0 aliphatic carbocycles. The van der Waals surface area contributed by atoms with Crippen molar-refractivity contribution in [2.24, 2.45) is 0 Å². The van der Waals surface area contributed by atoms with E-state index in [0.717, 1.165) is 12.0 Å². The number of ether oxygens (including phenoxy) is 1. The number of sulfonamides is 1. The Morgan fingerprint density at radius 2 is 1.88 bits per heavy atom. The molecule has 0 radical (unpaired) electrons. The number of carbonyl (C=O) groups is 1. The summed E-state index contributed by atoms with van der Waals surface area (Å²) >= 11 is 0. The summed E-state index contributed by atoms with van der Waals surface area (Å²) in [5.41, 5.74) is 2.40. The molecule has 0 aliphatic rings. The van der Waals surface area contributed by atoms with Crippen molar-refractivity contribution < 1.29 is 17.9 Å². The van der Waals surface area contributed by atoms with Gasteiger partial charge in [0.15, 0.2) is 6.61 Å². The molecule has 0 aromatic heterocycles. The summed E-state index contributed by atoms with van der Waals surface area (Å²) in [7, 11) is -3.52. The molecule has 0 fully saturated rings. The van der Waals surface area contributed by atoms with Gasteiger partial charge in [-0.1, -0.05) is 19.1 Å². The second-order valence-corrected chi connectivity index (χ2v) is 7.80. The maximum atomic E-state index is 12.1. The largest absolute Gasteiger partial charge is 0.483 e. The zero-order chi connectivity index (χ0) is 19.2. The van der Waals surface area contributed by atoms with Gasteiger partial charge in [-0.05, 0) is 61.7 Å². The molecule has 7 heteroatoms. The highest BCUT2D eigenvalue weighted by atomic mass is 32.2. The summed E-state index contributed by atoms with van der Waals surface area (Å²) in [6.45, 7) is 5.81. The summed E-state index contributed by atoms with van der Waals surface area (Å²) in [6.07, 6.45) is 0.718. The van der Waals surface area contributed by atoms with Crippen LogP contribution in [-0.4, -0.2) is 27.5 Å². The maximum Gasteiger partial charge on any atom is 0.262 e. The van der Waals surface area contributed by atoms with Crippen molar-refractivity contribution in [1.29, 1.82) is 0 Å². The molecule has 2 aromatic carbocycles. The lowest BCUT2D eigenvalue weighted by Crippen LogP contribution is -2.24. The quantitative estimate of drug-likeness (QED) is 0.742. The Bertz CT molecular complexity index is 879. The fraction of sp³-hybridized carbons (Fsp3) is 0.316. The zero-order valence-electron chi connectivity index (χ0n) is 15.2. The molecule has 26 heavy (non-hydrogen) atoms. The van der Waals surface area contributed by atoms with Gasteiger partial charge in [0.1, 0.15) is 5.75 Å². The minimum atomic E-state index is -3.52. The van der Waals surface area contributed by atoms with Gasteiger partial charge in [0.05, 0.1) is 4.90 Å². The average Bonchev–Trinajstić information content (AvgIpc) is 2.59. The van der Waals surface area contributed by atoms with E-state index in [2.05, 4.69) is 10.0 Å². The van der Waals surface area contributed by atoms with E-state index in [9.17, 15) is 13.2 Å². The van der Waals surface area contributed by atoms with E-state index in [-0.39, 0.29) is 17.4 Å². The van der Waals surface area contributed by atoms with Crippen LogP contribution in [0.3, 0.4) is 0 Å². The Kier molecular flexibility index (Phi) is 6.76. The molecule has 0 saturated carbocycles. The first-order valence-electron chi connectivity index (χ1n) is 8.41. The van der Waals surface area contributed by atoms with Crippen LogP contribution < -0.4 is 14.8 Å². The van der Waals surface area contributed by atoms with Gasteiger partial charge in [-0.25, -0.2) is 13.1 Å². The van der Waals surface area contributed by atoms with Crippen LogP contribution in [0.5, 0.6) is 5.75 Å². The number of anilines is 1. The average molecular weight is 376 g/mol. The summed E-state index contributed by atoms with van der Waals surface area (Å²) in [4.78, 5) is 12.2. The number of nitrogens with one attached hydrogen (secondary N) is 2. The minimum Gasteiger partial charge on any atom is -0.483 e. The molecule has 0 spiro atoms. The van der Waals surface area contributed by atoms with Crippen LogP contribution in [0.1, 0.15) is 24.5 Å². The van der Waals surface area contributed by atoms with Crippen molar-refractivity contribution in [2.75, 3.05) is 18.5 Å². The van der Waals surface area contributed by atoms with E-state index in [4.69, 9.17) is 4.74 Å². The lowest BCUT2D eigenvalue weighted by atomic mass is 10.2. The van der Waals surface area contributed by atoms with Crippen molar-refractivity contribution in [2.45, 2.75) is 32.1 Å². The van der Waals surface area contributed by atoms with Crippen LogP contribution in [-0.2, 0) is 14.8 Å². The number of hydrogen-bond donors (Lipinski definition) is 2. The predicted molar refractivity (Wildman–Crippen MR) is 102 cm³/mol. The van der Waals surface area contributed by atoms with Gasteiger partial charge < -0.3 is 10.1 Å². The third kappa shape index (κ3) is 5.57. The minimum absolute atomic E-state index is 0.158. The fourth-order valence-electron chi connectivity index (χ4n) is 2.33. The maximum absolute atomic E-state index is 12.1. The monoisotopic (exact) mass is 376 g/mol. The van der Waals surface area contributed by atoms with Gasteiger partial charge in [0.2, 0.25) is 10.0 Å². The first kappa shape index (κ1) is 19.9. The van der Waals surface area contributed by atoms with Crippen LogP contribution in [0.2, 0.25) is 0 Å². The fourth-order valence-corrected chi connectivity index (χ4v) is 3.55. The molecule has 0 bridgehead atoms. The third-order valence-electron chi connectivity index (χ3n) is 3.66. The van der Waals surface area contributed by atoms with Crippen LogP contribution in [0, 0.1) is 13.8 Å². The number of amides is 1. The first-order chi connectivity index (χ1) is 12.3. The van der Waals surface area contributed by atoms with Crippen molar-refractivity contribution in [3.8, 4) is 5.75 Å². The van der Waals surface area contributed by atoms with Crippen LogP contribution in [0.15, 0.2) is 47.4 Å². The topological polar surface area (TPSA) is 84.5 Å². The molecule has 6 nitrogen and oxygen atoms in total. The Hall–Kier alpha value is -2.38. The molecule has 0 atom stereocenters. The number of hydrogen-bond acceptors (Lipinski definition) is 4. The number of carbonyl (C=O) groups excluding carboxylic acids is 1. The molecule has 0 saturated heterocycles. The Morgan fingerprint density at radius 1 is 1.12 bits per heavy atom. The van der Waals surface area contributed by atoms with Crippen molar-refractivity contribution in [1.82, 2.24) is 4.72 Å². The van der Waals surface area contributed by atoms with E-state index in [0.29, 0.717) is 23.5 Å². The number of benzene rings is 2. The molecule has 1 amide bonds. The highest BCUT2D eigenvalue weighted by Crippen LogP contribution is 2.22. The van der Waals surface area contributed by atoms with E-state index in [1.54, 1.807) is 19.1 Å². The van der Waals surface area contributed by atoms with Crippen LogP contribution in [0.25, 0.3) is 0 Å². The Labute approximate surface area is 154 Å². The smallest absolute Gasteiger partial charge is 0.262 e. The van der Waals surface area contributed by atoms with Crippen molar-refractivity contribution in [3.63, 3.8) is 0 Å². The molecule has 2 N–H and O–H groups in total. The van der Waals surface area contributed by atoms with E-state index >= 15 is 0 Å². The molecule has 140 valence electrons. The van der Waals surface area contributed by atoms with E-state index < -0.39 is 10.0 Å². The van der Waals surface area contributed by atoms with Gasteiger partial charge in [-0.2, -0.15) is 0 Å². The molecule has 0 aliphatic heterocycles. The molecule has 2 aromatic rings. The standard InChI is InChI=1S/C19H24N2O4S/c1-4-10-20-26(23,24)17-8-9-18(15(3)12-17)25-13-19(22)21-16-7-5-6-14(2)11-16/h5-9,11-12,20H,4,10,13H2,1-3H3,(H,21,22). The third-order valence-corrected chi connectivity index (χ3v) is 5.12. The first-order valence-corrected chi connectivity index (χ1v) is 9.90. The Balaban J connectivity index is 1.98.